The maximum Gasteiger partial charge on any atom is 0.270 e. The average molecular weight is 292 g/mol. The first-order valence-electron chi connectivity index (χ1n) is 5.15. The number of amides is 1. The van der Waals surface area contributed by atoms with E-state index in [1.54, 1.807) is 20.8 Å². The third kappa shape index (κ3) is 4.00. The zero-order valence-corrected chi connectivity index (χ0v) is 12.5. The van der Waals surface area contributed by atoms with Gasteiger partial charge in [0, 0.05) is 19.5 Å². The summed E-state index contributed by atoms with van der Waals surface area (Å²) >= 11 is 0.849. The van der Waals surface area contributed by atoms with Crippen LogP contribution in [0.4, 0.5) is 0 Å². The smallest absolute Gasteiger partial charge is 0.270 e. The quantitative estimate of drug-likeness (QED) is 0.830. The minimum atomic E-state index is -3.69. The number of nitrogens with zero attached hydrogens (tertiary/aromatic N) is 3. The fraction of sp³-hybridized carbons (Fsp3) is 0.667. The number of aryl methyl sites for hydroxylation is 1. The Morgan fingerprint density at radius 2 is 2.00 bits per heavy atom. The van der Waals surface area contributed by atoms with E-state index >= 15 is 0 Å². The molecule has 1 N–H and O–H groups in total. The Bertz CT molecular complexity index is 619. The Kier molecular flexibility index (Phi) is 4.08. The zero-order valence-electron chi connectivity index (χ0n) is 10.9. The molecular formula is C9H16N4O3S2. The minimum absolute atomic E-state index is 0.111. The van der Waals surface area contributed by atoms with Crippen molar-refractivity contribution >= 4 is 27.3 Å². The molecule has 0 fully saturated rings. The third-order valence-electron chi connectivity index (χ3n) is 1.61. The van der Waals surface area contributed by atoms with E-state index in [1.807, 2.05) is 0 Å². The summed E-state index contributed by atoms with van der Waals surface area (Å²) in [5, 5.41) is 3.86. The SMILES string of the molecule is CC(=O)N=c1sc(S(=O)(=O)NC(C)(C)C)nn1C. The number of nitrogens with one attached hydrogen (secondary N) is 1. The molecule has 1 aromatic rings. The number of hydrogen-bond donors (Lipinski definition) is 1. The number of aromatic nitrogens is 2. The summed E-state index contributed by atoms with van der Waals surface area (Å²) in [5.41, 5.74) is -0.596. The van der Waals surface area contributed by atoms with Crippen molar-refractivity contribution in [2.75, 3.05) is 0 Å². The number of sulfonamides is 1. The molecule has 0 radical (unpaired) electrons. The highest BCUT2D eigenvalue weighted by atomic mass is 32.2. The molecule has 18 heavy (non-hydrogen) atoms. The Balaban J connectivity index is 3.25. The van der Waals surface area contributed by atoms with E-state index in [0.717, 1.165) is 11.3 Å². The minimum Gasteiger partial charge on any atom is -0.273 e. The Morgan fingerprint density at radius 3 is 2.44 bits per heavy atom. The Labute approximate surface area is 110 Å². The van der Waals surface area contributed by atoms with Crippen LogP contribution < -0.4 is 9.52 Å². The second-order valence-corrected chi connectivity index (χ2v) is 7.57. The second-order valence-electron chi connectivity index (χ2n) is 4.76. The van der Waals surface area contributed by atoms with Gasteiger partial charge in [0.1, 0.15) is 0 Å². The molecule has 7 nitrogen and oxygen atoms in total. The topological polar surface area (TPSA) is 93.4 Å². The number of rotatable bonds is 2. The lowest BCUT2D eigenvalue weighted by atomic mass is 10.1. The van der Waals surface area contributed by atoms with Gasteiger partial charge in [-0.2, -0.15) is 4.99 Å². The predicted octanol–water partition coefficient (Wildman–Crippen LogP) is 0.00560. The predicted molar refractivity (Wildman–Crippen MR) is 67.4 cm³/mol. The summed E-state index contributed by atoms with van der Waals surface area (Å²) in [7, 11) is -2.15. The van der Waals surface area contributed by atoms with E-state index in [-0.39, 0.29) is 9.14 Å². The van der Waals surface area contributed by atoms with Crippen LogP contribution in [0.3, 0.4) is 0 Å². The molecule has 1 aromatic heterocycles. The molecular weight excluding hydrogens is 276 g/mol. The van der Waals surface area contributed by atoms with Gasteiger partial charge in [0.2, 0.25) is 15.0 Å². The number of carbonyl (C=O) groups excluding carboxylic acids is 1. The van der Waals surface area contributed by atoms with Crippen LogP contribution in [0.2, 0.25) is 0 Å². The van der Waals surface area contributed by atoms with E-state index in [9.17, 15) is 13.2 Å². The van der Waals surface area contributed by atoms with E-state index in [1.165, 1.54) is 18.7 Å². The van der Waals surface area contributed by atoms with Gasteiger partial charge in [-0.1, -0.05) is 11.3 Å². The highest BCUT2D eigenvalue weighted by Crippen LogP contribution is 2.12. The lowest BCUT2D eigenvalue weighted by molar-refractivity contribution is -0.116. The van der Waals surface area contributed by atoms with Gasteiger partial charge in [-0.05, 0) is 20.8 Å². The average Bonchev–Trinajstić information content (AvgIpc) is 2.43. The van der Waals surface area contributed by atoms with Crippen LogP contribution in [0.5, 0.6) is 0 Å². The molecule has 1 heterocycles. The standard InChI is InChI=1S/C9H16N4O3S2/c1-6(14)10-7-13(5)11-8(17-7)18(15,16)12-9(2,3)4/h12H,1-5H3. The van der Waals surface area contributed by atoms with E-state index in [0.29, 0.717) is 0 Å². The molecule has 0 bridgehead atoms. The van der Waals surface area contributed by atoms with Crippen LogP contribution in [-0.4, -0.2) is 29.6 Å². The molecule has 102 valence electrons. The normalized spacial score (nSPS) is 13.9. The van der Waals surface area contributed by atoms with Gasteiger partial charge in [-0.3, -0.25) is 4.79 Å². The number of carbonyl (C=O) groups is 1. The fourth-order valence-corrected chi connectivity index (χ4v) is 3.69. The first-order chi connectivity index (χ1) is 8.01. The van der Waals surface area contributed by atoms with Crippen LogP contribution in [0.1, 0.15) is 27.7 Å². The molecule has 0 aliphatic heterocycles. The summed E-state index contributed by atoms with van der Waals surface area (Å²) in [4.78, 5) is 14.8. The van der Waals surface area contributed by atoms with Gasteiger partial charge in [-0.15, -0.1) is 5.10 Å². The van der Waals surface area contributed by atoms with Gasteiger partial charge in [0.15, 0.2) is 0 Å². The molecule has 0 unspecified atom stereocenters. The van der Waals surface area contributed by atoms with Gasteiger partial charge in [0.05, 0.1) is 0 Å². The summed E-state index contributed by atoms with van der Waals surface area (Å²) in [6, 6.07) is 0. The van der Waals surface area contributed by atoms with Gasteiger partial charge >= 0.3 is 0 Å². The van der Waals surface area contributed by atoms with Gasteiger partial charge < -0.3 is 0 Å². The molecule has 9 heteroatoms. The molecule has 0 aliphatic rings. The molecule has 0 aliphatic carbocycles. The monoisotopic (exact) mass is 292 g/mol. The Hall–Kier alpha value is -1.06. The van der Waals surface area contributed by atoms with Crippen LogP contribution in [0.15, 0.2) is 9.33 Å². The maximum atomic E-state index is 12.0. The molecule has 0 spiro atoms. The molecule has 1 amide bonds. The largest absolute Gasteiger partial charge is 0.273 e. The van der Waals surface area contributed by atoms with Crippen molar-refractivity contribution in [3.8, 4) is 0 Å². The first-order valence-corrected chi connectivity index (χ1v) is 7.45. The maximum absolute atomic E-state index is 12.0. The summed E-state index contributed by atoms with van der Waals surface area (Å²) in [5.74, 6) is -0.401. The lowest BCUT2D eigenvalue weighted by Gasteiger charge is -2.18. The van der Waals surface area contributed by atoms with Gasteiger partial charge in [0.25, 0.3) is 10.0 Å². The summed E-state index contributed by atoms with van der Waals surface area (Å²) < 4.78 is 27.6. The molecule has 1 rings (SSSR count). The fourth-order valence-electron chi connectivity index (χ4n) is 1.12. The lowest BCUT2D eigenvalue weighted by Crippen LogP contribution is -2.40. The van der Waals surface area contributed by atoms with Crippen molar-refractivity contribution < 1.29 is 13.2 Å². The van der Waals surface area contributed by atoms with E-state index < -0.39 is 21.5 Å². The molecule has 0 saturated heterocycles. The van der Waals surface area contributed by atoms with Crippen molar-refractivity contribution in [3.05, 3.63) is 4.80 Å². The molecule has 0 atom stereocenters. The van der Waals surface area contributed by atoms with E-state index in [2.05, 4.69) is 14.8 Å². The highest BCUT2D eigenvalue weighted by molar-refractivity contribution is 7.91. The zero-order chi connectivity index (χ0) is 14.1. The van der Waals surface area contributed by atoms with Crippen molar-refractivity contribution in [1.82, 2.24) is 14.5 Å². The molecule has 0 aromatic carbocycles. The van der Waals surface area contributed by atoms with Gasteiger partial charge in [-0.25, -0.2) is 17.8 Å². The highest BCUT2D eigenvalue weighted by Gasteiger charge is 2.25. The van der Waals surface area contributed by atoms with Crippen molar-refractivity contribution in [1.29, 1.82) is 0 Å². The summed E-state index contributed by atoms with van der Waals surface area (Å²) in [6.45, 7) is 6.50. The van der Waals surface area contributed by atoms with Crippen LogP contribution >= 0.6 is 11.3 Å². The van der Waals surface area contributed by atoms with Crippen molar-refractivity contribution in [3.63, 3.8) is 0 Å². The third-order valence-corrected chi connectivity index (χ3v) is 4.74. The molecule has 0 saturated carbocycles. The first kappa shape index (κ1) is 15.0. The van der Waals surface area contributed by atoms with Crippen LogP contribution in [-0.2, 0) is 21.9 Å². The number of hydrogen-bond acceptors (Lipinski definition) is 5. The Morgan fingerprint density at radius 1 is 1.44 bits per heavy atom. The second kappa shape index (κ2) is 4.90. The van der Waals surface area contributed by atoms with Crippen LogP contribution in [0, 0.1) is 0 Å². The van der Waals surface area contributed by atoms with Crippen molar-refractivity contribution in [2.24, 2.45) is 12.0 Å². The van der Waals surface area contributed by atoms with Crippen molar-refractivity contribution in [2.45, 2.75) is 37.6 Å². The van der Waals surface area contributed by atoms with Crippen LogP contribution in [0.25, 0.3) is 0 Å². The summed E-state index contributed by atoms with van der Waals surface area (Å²) in [6.07, 6.45) is 0. The van der Waals surface area contributed by atoms with E-state index in [4.69, 9.17) is 0 Å².